The Balaban J connectivity index is 1.37. The number of morpholine rings is 1. The number of aryl methyl sites for hydroxylation is 1. The molecule has 7 nitrogen and oxygen atoms in total. The van der Waals surface area contributed by atoms with Crippen LogP contribution < -0.4 is 10.2 Å². The lowest BCUT2D eigenvalue weighted by molar-refractivity contribution is -0.120. The second kappa shape index (κ2) is 10.7. The van der Waals surface area contributed by atoms with Gasteiger partial charge >= 0.3 is 0 Å². The van der Waals surface area contributed by atoms with E-state index in [0.29, 0.717) is 6.54 Å². The van der Waals surface area contributed by atoms with E-state index in [-0.39, 0.29) is 30.2 Å². The van der Waals surface area contributed by atoms with Crippen LogP contribution in [-0.2, 0) is 28.9 Å². The van der Waals surface area contributed by atoms with Gasteiger partial charge in [0.15, 0.2) is 5.76 Å². The molecule has 2 fully saturated rings. The van der Waals surface area contributed by atoms with Gasteiger partial charge < -0.3 is 14.5 Å². The fraction of sp³-hybridized carbons (Fsp3) is 0.556. The maximum absolute atomic E-state index is 13.7. The van der Waals surface area contributed by atoms with Crippen molar-refractivity contribution in [3.63, 3.8) is 0 Å². The van der Waals surface area contributed by atoms with E-state index in [2.05, 4.69) is 16.3 Å². The molecule has 1 saturated carbocycles. The van der Waals surface area contributed by atoms with E-state index in [1.54, 1.807) is 11.0 Å². The van der Waals surface area contributed by atoms with Crippen LogP contribution in [0.3, 0.4) is 0 Å². The Morgan fingerprint density at radius 2 is 1.79 bits per heavy atom. The Hall–Kier alpha value is -2.64. The molecule has 34 heavy (non-hydrogen) atoms. The van der Waals surface area contributed by atoms with Crippen LogP contribution in [0.1, 0.15) is 66.0 Å². The van der Waals surface area contributed by atoms with Crippen molar-refractivity contribution in [1.29, 1.82) is 0 Å². The van der Waals surface area contributed by atoms with Crippen LogP contribution in [0, 0.1) is 0 Å². The Kier molecular flexibility index (Phi) is 7.30. The zero-order valence-corrected chi connectivity index (χ0v) is 19.9. The summed E-state index contributed by atoms with van der Waals surface area (Å²) in [5.41, 5.74) is 3.32. The number of ether oxygens (including phenoxy) is 1. The summed E-state index contributed by atoms with van der Waals surface area (Å²) in [6.07, 6.45) is 8.55. The number of benzene rings is 1. The molecular formula is C27H35N3O4. The number of rotatable bonds is 7. The van der Waals surface area contributed by atoms with Crippen molar-refractivity contribution in [3.05, 3.63) is 53.0 Å². The molecule has 5 rings (SSSR count). The molecular weight excluding hydrogens is 430 g/mol. The molecule has 2 amide bonds. The Labute approximate surface area is 201 Å². The molecule has 2 heterocycles. The fourth-order valence-electron chi connectivity index (χ4n) is 5.46. The minimum atomic E-state index is -0.256. The minimum Gasteiger partial charge on any atom is -0.455 e. The first-order chi connectivity index (χ1) is 16.7. The summed E-state index contributed by atoms with van der Waals surface area (Å²) in [7, 11) is 0. The molecule has 1 aliphatic heterocycles. The van der Waals surface area contributed by atoms with Crippen LogP contribution in [0.2, 0.25) is 0 Å². The van der Waals surface area contributed by atoms with E-state index >= 15 is 0 Å². The third-order valence-electron chi connectivity index (χ3n) is 7.28. The zero-order valence-electron chi connectivity index (χ0n) is 19.9. The summed E-state index contributed by atoms with van der Waals surface area (Å²) in [5, 5.41) is 3.14. The number of anilines is 1. The summed E-state index contributed by atoms with van der Waals surface area (Å²) in [6.45, 7) is 3.80. The van der Waals surface area contributed by atoms with Gasteiger partial charge in [-0.3, -0.25) is 19.4 Å². The monoisotopic (exact) mass is 465 g/mol. The van der Waals surface area contributed by atoms with Crippen LogP contribution in [-0.4, -0.2) is 55.6 Å². The number of hydrogen-bond acceptors (Lipinski definition) is 5. The van der Waals surface area contributed by atoms with Crippen molar-refractivity contribution >= 4 is 17.5 Å². The summed E-state index contributed by atoms with van der Waals surface area (Å²) >= 11 is 0. The molecule has 1 aromatic heterocycles. The summed E-state index contributed by atoms with van der Waals surface area (Å²) < 4.78 is 11.4. The number of nitrogens with zero attached hydrogens (tertiary/aromatic N) is 2. The van der Waals surface area contributed by atoms with Gasteiger partial charge in [-0.1, -0.05) is 25.0 Å². The van der Waals surface area contributed by atoms with E-state index in [9.17, 15) is 9.59 Å². The topological polar surface area (TPSA) is 75.0 Å². The first-order valence-electron chi connectivity index (χ1n) is 12.8. The molecule has 7 heteroatoms. The van der Waals surface area contributed by atoms with Crippen LogP contribution in [0.15, 0.2) is 34.7 Å². The molecule has 1 aromatic carbocycles. The highest BCUT2D eigenvalue weighted by Gasteiger charge is 2.28. The van der Waals surface area contributed by atoms with Crippen LogP contribution in [0.5, 0.6) is 0 Å². The van der Waals surface area contributed by atoms with Crippen molar-refractivity contribution in [1.82, 2.24) is 10.2 Å². The van der Waals surface area contributed by atoms with Crippen LogP contribution in [0.4, 0.5) is 5.69 Å². The predicted octanol–water partition coefficient (Wildman–Crippen LogP) is 3.70. The molecule has 1 N–H and O–H groups in total. The average Bonchev–Trinajstić information content (AvgIpc) is 3.55. The largest absolute Gasteiger partial charge is 0.455 e. The van der Waals surface area contributed by atoms with E-state index in [1.165, 1.54) is 11.1 Å². The van der Waals surface area contributed by atoms with Crippen LogP contribution in [0.25, 0.3) is 0 Å². The Morgan fingerprint density at radius 3 is 2.62 bits per heavy atom. The standard InChI is InChI=1S/C27H35N3O4/c31-26(28-21-8-2-3-9-21)19-30(24-11-5-7-20-6-1-4-10-23(20)24)27(32)25-13-12-22(34-25)18-29-14-16-33-17-15-29/h5,7,11-13,21H,1-4,6,8-10,14-19H2,(H,28,31). The highest BCUT2D eigenvalue weighted by molar-refractivity contribution is 6.07. The highest BCUT2D eigenvalue weighted by Crippen LogP contribution is 2.31. The fourth-order valence-corrected chi connectivity index (χ4v) is 5.46. The summed E-state index contributed by atoms with van der Waals surface area (Å²) in [6, 6.07) is 9.96. The number of carbonyl (C=O) groups excluding carboxylic acids is 2. The van der Waals surface area contributed by atoms with Crippen molar-refractivity contribution in [3.8, 4) is 0 Å². The molecule has 0 unspecified atom stereocenters. The van der Waals surface area contributed by atoms with Gasteiger partial charge in [-0.15, -0.1) is 0 Å². The maximum atomic E-state index is 13.7. The van der Waals surface area contributed by atoms with Crippen molar-refractivity contribution in [2.75, 3.05) is 37.7 Å². The predicted molar refractivity (Wildman–Crippen MR) is 130 cm³/mol. The van der Waals surface area contributed by atoms with Gasteiger partial charge in [0.05, 0.1) is 19.8 Å². The first kappa shape index (κ1) is 23.1. The van der Waals surface area contributed by atoms with E-state index < -0.39 is 0 Å². The van der Waals surface area contributed by atoms with Crippen molar-refractivity contribution in [2.24, 2.45) is 0 Å². The van der Waals surface area contributed by atoms with E-state index in [0.717, 1.165) is 89.1 Å². The molecule has 2 aliphatic carbocycles. The third-order valence-corrected chi connectivity index (χ3v) is 7.28. The maximum Gasteiger partial charge on any atom is 0.294 e. The number of furan rings is 1. The van der Waals surface area contributed by atoms with Crippen LogP contribution >= 0.6 is 0 Å². The number of fused-ring (bicyclic) bond motifs is 1. The average molecular weight is 466 g/mol. The SMILES string of the molecule is O=C(CN(C(=O)c1ccc(CN2CCOCC2)o1)c1cccc2c1CCCC2)NC1CCCC1. The molecule has 3 aliphatic rings. The van der Waals surface area contributed by atoms with Gasteiger partial charge in [0.2, 0.25) is 5.91 Å². The normalized spacial score (nSPS) is 19.1. The van der Waals surface area contributed by atoms with Gasteiger partial charge in [0.25, 0.3) is 5.91 Å². The minimum absolute atomic E-state index is 0.00524. The second-order valence-corrected chi connectivity index (χ2v) is 9.72. The van der Waals surface area contributed by atoms with Crippen molar-refractivity contribution in [2.45, 2.75) is 64.0 Å². The Bertz CT molecular complexity index is 1010. The number of hydrogen-bond donors (Lipinski definition) is 1. The van der Waals surface area contributed by atoms with E-state index in [1.807, 2.05) is 18.2 Å². The zero-order chi connectivity index (χ0) is 23.3. The molecule has 2 aromatic rings. The van der Waals surface area contributed by atoms with Gasteiger partial charge in [-0.05, 0) is 67.9 Å². The lowest BCUT2D eigenvalue weighted by atomic mass is 9.90. The molecule has 1 saturated heterocycles. The van der Waals surface area contributed by atoms with Gasteiger partial charge in [0.1, 0.15) is 12.3 Å². The molecule has 182 valence electrons. The third kappa shape index (κ3) is 5.36. The van der Waals surface area contributed by atoms with Crippen molar-refractivity contribution < 1.29 is 18.7 Å². The molecule has 0 bridgehead atoms. The number of amides is 2. The molecule has 0 radical (unpaired) electrons. The van der Waals surface area contributed by atoms with Gasteiger partial charge in [-0.2, -0.15) is 0 Å². The smallest absolute Gasteiger partial charge is 0.294 e. The highest BCUT2D eigenvalue weighted by atomic mass is 16.5. The summed E-state index contributed by atoms with van der Waals surface area (Å²) in [5.74, 6) is 0.684. The van der Waals surface area contributed by atoms with E-state index in [4.69, 9.17) is 9.15 Å². The second-order valence-electron chi connectivity index (χ2n) is 9.72. The molecule has 0 atom stereocenters. The Morgan fingerprint density at radius 1 is 1.00 bits per heavy atom. The summed E-state index contributed by atoms with van der Waals surface area (Å²) in [4.78, 5) is 30.6. The number of nitrogens with one attached hydrogen (secondary N) is 1. The lowest BCUT2D eigenvalue weighted by Gasteiger charge is -2.28. The quantitative estimate of drug-likeness (QED) is 0.675. The van der Waals surface area contributed by atoms with Gasteiger partial charge in [-0.25, -0.2) is 0 Å². The molecule has 0 spiro atoms. The lowest BCUT2D eigenvalue weighted by Crippen LogP contribution is -2.44. The van der Waals surface area contributed by atoms with Gasteiger partial charge in [0, 0.05) is 24.8 Å². The number of carbonyl (C=O) groups is 2. The first-order valence-corrected chi connectivity index (χ1v) is 12.8.